The predicted molar refractivity (Wildman–Crippen MR) is 90.9 cm³/mol. The highest BCUT2D eigenvalue weighted by Gasteiger charge is 2.06. The molecule has 0 radical (unpaired) electrons. The van der Waals surface area contributed by atoms with Crippen LogP contribution >= 0.6 is 0 Å². The first-order valence-electron chi connectivity index (χ1n) is 8.23. The topological polar surface area (TPSA) is 40.8 Å². The van der Waals surface area contributed by atoms with Crippen molar-refractivity contribution in [3.63, 3.8) is 0 Å². The van der Waals surface area contributed by atoms with Gasteiger partial charge >= 0.3 is 0 Å². The lowest BCUT2D eigenvalue weighted by molar-refractivity contribution is 0.578. The largest absolute Gasteiger partial charge is 0.318 e. The standard InChI is InChI=1S/C19H25N3/c1-2-3-4-5-8-13-21-16-18-11-9-14-22(18)19-12-7-6-10-17(19)15-20/h6-7,9-12,14,21H,2-5,8,13,16H2,1H3. The quantitative estimate of drug-likeness (QED) is 0.696. The van der Waals surface area contributed by atoms with Crippen molar-refractivity contribution < 1.29 is 0 Å². The van der Waals surface area contributed by atoms with Crippen molar-refractivity contribution in [1.82, 2.24) is 9.88 Å². The zero-order chi connectivity index (χ0) is 15.6. The molecule has 116 valence electrons. The Morgan fingerprint density at radius 2 is 1.86 bits per heavy atom. The lowest BCUT2D eigenvalue weighted by Gasteiger charge is -2.11. The van der Waals surface area contributed by atoms with Gasteiger partial charge in [-0.2, -0.15) is 5.26 Å². The normalized spacial score (nSPS) is 10.5. The molecule has 0 saturated heterocycles. The van der Waals surface area contributed by atoms with E-state index in [1.807, 2.05) is 36.5 Å². The third kappa shape index (κ3) is 4.47. The molecule has 0 amide bonds. The molecule has 0 aliphatic heterocycles. The molecule has 0 unspecified atom stereocenters. The summed E-state index contributed by atoms with van der Waals surface area (Å²) in [6.07, 6.45) is 8.53. The van der Waals surface area contributed by atoms with E-state index < -0.39 is 0 Å². The van der Waals surface area contributed by atoms with E-state index in [9.17, 15) is 5.26 Å². The minimum Gasteiger partial charge on any atom is -0.318 e. The number of benzene rings is 1. The zero-order valence-corrected chi connectivity index (χ0v) is 13.4. The van der Waals surface area contributed by atoms with Crippen molar-refractivity contribution >= 4 is 0 Å². The number of hydrogen-bond acceptors (Lipinski definition) is 2. The summed E-state index contributed by atoms with van der Waals surface area (Å²) in [4.78, 5) is 0. The van der Waals surface area contributed by atoms with Crippen molar-refractivity contribution in [3.05, 3.63) is 53.9 Å². The predicted octanol–water partition coefficient (Wildman–Crippen LogP) is 4.41. The third-order valence-electron chi connectivity index (χ3n) is 3.88. The second-order valence-electron chi connectivity index (χ2n) is 5.59. The highest BCUT2D eigenvalue weighted by Crippen LogP contribution is 2.17. The van der Waals surface area contributed by atoms with Gasteiger partial charge in [-0.3, -0.25) is 0 Å². The van der Waals surface area contributed by atoms with Gasteiger partial charge in [0.2, 0.25) is 0 Å². The Morgan fingerprint density at radius 1 is 1.05 bits per heavy atom. The maximum atomic E-state index is 9.25. The number of nitriles is 1. The van der Waals surface area contributed by atoms with Crippen molar-refractivity contribution in [3.8, 4) is 11.8 Å². The van der Waals surface area contributed by atoms with Crippen LogP contribution in [-0.4, -0.2) is 11.1 Å². The molecule has 0 bridgehead atoms. The zero-order valence-electron chi connectivity index (χ0n) is 13.4. The van der Waals surface area contributed by atoms with Crippen LogP contribution in [0, 0.1) is 11.3 Å². The molecule has 22 heavy (non-hydrogen) atoms. The number of aromatic nitrogens is 1. The number of nitrogens with zero attached hydrogens (tertiary/aromatic N) is 2. The monoisotopic (exact) mass is 295 g/mol. The summed E-state index contributed by atoms with van der Waals surface area (Å²) in [5.41, 5.74) is 2.85. The SMILES string of the molecule is CCCCCCCNCc1cccn1-c1ccccc1C#N. The minimum atomic E-state index is 0.708. The van der Waals surface area contributed by atoms with Gasteiger partial charge in [-0.1, -0.05) is 44.7 Å². The van der Waals surface area contributed by atoms with Gasteiger partial charge in [0.1, 0.15) is 6.07 Å². The summed E-state index contributed by atoms with van der Waals surface area (Å²) >= 11 is 0. The van der Waals surface area contributed by atoms with E-state index in [0.29, 0.717) is 5.56 Å². The van der Waals surface area contributed by atoms with Gasteiger partial charge in [0.15, 0.2) is 0 Å². The Balaban J connectivity index is 1.89. The second kappa shape index (κ2) is 9.07. The molecule has 0 aliphatic carbocycles. The van der Waals surface area contributed by atoms with E-state index in [0.717, 1.165) is 18.8 Å². The van der Waals surface area contributed by atoms with E-state index in [1.54, 1.807) is 0 Å². The lowest BCUT2D eigenvalue weighted by atomic mass is 10.1. The van der Waals surface area contributed by atoms with Crippen molar-refractivity contribution in [1.29, 1.82) is 5.26 Å². The number of unbranched alkanes of at least 4 members (excludes halogenated alkanes) is 4. The number of rotatable bonds is 9. The summed E-state index contributed by atoms with van der Waals surface area (Å²) in [7, 11) is 0. The fourth-order valence-electron chi connectivity index (χ4n) is 2.64. The number of hydrogen-bond donors (Lipinski definition) is 1. The average molecular weight is 295 g/mol. The van der Waals surface area contributed by atoms with Gasteiger partial charge in [0, 0.05) is 18.4 Å². The molecule has 3 nitrogen and oxygen atoms in total. The first-order chi connectivity index (χ1) is 10.9. The molecule has 0 aliphatic rings. The van der Waals surface area contributed by atoms with Crippen LogP contribution in [0.15, 0.2) is 42.6 Å². The van der Waals surface area contributed by atoms with Gasteiger partial charge in [-0.05, 0) is 37.2 Å². The van der Waals surface area contributed by atoms with E-state index in [1.165, 1.54) is 37.8 Å². The Morgan fingerprint density at radius 3 is 2.68 bits per heavy atom. The molecular weight excluding hydrogens is 270 g/mol. The third-order valence-corrected chi connectivity index (χ3v) is 3.88. The molecule has 0 saturated carbocycles. The van der Waals surface area contributed by atoms with Crippen LogP contribution in [0.3, 0.4) is 0 Å². The van der Waals surface area contributed by atoms with Crippen LogP contribution in [0.25, 0.3) is 5.69 Å². The Kier molecular flexibility index (Phi) is 6.73. The van der Waals surface area contributed by atoms with Gasteiger partial charge in [-0.25, -0.2) is 0 Å². The molecule has 2 aromatic rings. The summed E-state index contributed by atoms with van der Waals surface area (Å²) in [6, 6.07) is 14.1. The van der Waals surface area contributed by atoms with Crippen LogP contribution in [0.4, 0.5) is 0 Å². The lowest BCUT2D eigenvalue weighted by Crippen LogP contribution is -2.17. The summed E-state index contributed by atoms with van der Waals surface area (Å²) in [5, 5.41) is 12.8. The first kappa shape index (κ1) is 16.3. The molecule has 0 fully saturated rings. The fourth-order valence-corrected chi connectivity index (χ4v) is 2.64. The first-order valence-corrected chi connectivity index (χ1v) is 8.23. The van der Waals surface area contributed by atoms with Crippen LogP contribution in [0.2, 0.25) is 0 Å². The molecule has 1 aromatic heterocycles. The molecule has 1 heterocycles. The average Bonchev–Trinajstić information content (AvgIpc) is 3.02. The summed E-state index contributed by atoms with van der Waals surface area (Å²) < 4.78 is 2.10. The molecule has 2 rings (SSSR count). The Hall–Kier alpha value is -2.05. The highest BCUT2D eigenvalue weighted by atomic mass is 15.0. The van der Waals surface area contributed by atoms with Crippen LogP contribution in [0.5, 0.6) is 0 Å². The van der Waals surface area contributed by atoms with Gasteiger partial charge in [-0.15, -0.1) is 0 Å². The minimum absolute atomic E-state index is 0.708. The summed E-state index contributed by atoms with van der Waals surface area (Å²) in [5.74, 6) is 0. The second-order valence-corrected chi connectivity index (χ2v) is 5.59. The maximum Gasteiger partial charge on any atom is 0.101 e. The van der Waals surface area contributed by atoms with Gasteiger partial charge < -0.3 is 9.88 Å². The molecule has 1 N–H and O–H groups in total. The Labute approximate surface area is 133 Å². The Bertz CT molecular complexity index is 607. The van der Waals surface area contributed by atoms with Crippen molar-refractivity contribution in [2.75, 3.05) is 6.54 Å². The van der Waals surface area contributed by atoms with Crippen molar-refractivity contribution in [2.24, 2.45) is 0 Å². The smallest absolute Gasteiger partial charge is 0.101 e. The van der Waals surface area contributed by atoms with E-state index >= 15 is 0 Å². The maximum absolute atomic E-state index is 9.25. The number of nitrogens with one attached hydrogen (secondary N) is 1. The van der Waals surface area contributed by atoms with E-state index in [-0.39, 0.29) is 0 Å². The highest BCUT2D eigenvalue weighted by molar-refractivity contribution is 5.49. The number of para-hydroxylation sites is 1. The van der Waals surface area contributed by atoms with Crippen LogP contribution in [-0.2, 0) is 6.54 Å². The van der Waals surface area contributed by atoms with Crippen molar-refractivity contribution in [2.45, 2.75) is 45.6 Å². The van der Waals surface area contributed by atoms with Crippen LogP contribution in [0.1, 0.15) is 50.3 Å². The fraction of sp³-hybridized carbons (Fsp3) is 0.421. The van der Waals surface area contributed by atoms with E-state index in [2.05, 4.69) is 28.9 Å². The summed E-state index contributed by atoms with van der Waals surface area (Å²) in [6.45, 7) is 4.13. The molecule has 1 aromatic carbocycles. The van der Waals surface area contributed by atoms with Crippen LogP contribution < -0.4 is 5.32 Å². The molecule has 3 heteroatoms. The van der Waals surface area contributed by atoms with Gasteiger partial charge in [0.05, 0.1) is 11.3 Å². The van der Waals surface area contributed by atoms with Gasteiger partial charge in [0.25, 0.3) is 0 Å². The molecule has 0 spiro atoms. The molecule has 0 atom stereocenters. The molecular formula is C19H25N3. The van der Waals surface area contributed by atoms with E-state index in [4.69, 9.17) is 0 Å².